The third kappa shape index (κ3) is 1.92. The van der Waals surface area contributed by atoms with Crippen LogP contribution >= 0.6 is 15.9 Å². The van der Waals surface area contributed by atoms with Gasteiger partial charge in [0.2, 0.25) is 0 Å². The van der Waals surface area contributed by atoms with Gasteiger partial charge in [-0.15, -0.1) is 0 Å². The minimum Gasteiger partial charge on any atom is -0.397 e. The Kier molecular flexibility index (Phi) is 2.88. The van der Waals surface area contributed by atoms with Gasteiger partial charge in [0.15, 0.2) is 0 Å². The molecular formula is C12H17BrN2O. The van der Waals surface area contributed by atoms with Gasteiger partial charge < -0.3 is 16.2 Å². The zero-order valence-electron chi connectivity index (χ0n) is 9.50. The lowest BCUT2D eigenvalue weighted by atomic mass is 9.64. The zero-order valence-corrected chi connectivity index (χ0v) is 11.1. The number of nitrogens with one attached hydrogen (secondary N) is 1. The Hall–Kier alpha value is -0.740. The van der Waals surface area contributed by atoms with Crippen molar-refractivity contribution in [2.45, 2.75) is 32.4 Å². The molecule has 1 aromatic rings. The smallest absolute Gasteiger partial charge is 0.0630 e. The Morgan fingerprint density at radius 1 is 1.50 bits per heavy atom. The van der Waals surface area contributed by atoms with Gasteiger partial charge in [-0.05, 0) is 24.6 Å². The summed E-state index contributed by atoms with van der Waals surface area (Å²) in [6.45, 7) is 4.13. The maximum atomic E-state index is 9.66. The van der Waals surface area contributed by atoms with Crippen molar-refractivity contribution in [1.29, 1.82) is 0 Å². The monoisotopic (exact) mass is 284 g/mol. The van der Waals surface area contributed by atoms with Crippen molar-refractivity contribution < 1.29 is 5.11 Å². The largest absolute Gasteiger partial charge is 0.397 e. The highest BCUT2D eigenvalue weighted by Crippen LogP contribution is 2.42. The zero-order chi connectivity index (χ0) is 11.9. The number of aliphatic hydroxyl groups excluding tert-OH is 1. The first-order valence-corrected chi connectivity index (χ1v) is 6.20. The second-order valence-corrected chi connectivity index (χ2v) is 5.92. The molecule has 4 N–H and O–H groups in total. The molecule has 0 radical (unpaired) electrons. The Balaban J connectivity index is 2.11. The average molecular weight is 285 g/mol. The van der Waals surface area contributed by atoms with Crippen LogP contribution < -0.4 is 11.1 Å². The lowest BCUT2D eigenvalue weighted by molar-refractivity contribution is -0.0510. The minimum atomic E-state index is -0.221. The highest BCUT2D eigenvalue weighted by Gasteiger charge is 2.47. The molecule has 0 saturated heterocycles. The van der Waals surface area contributed by atoms with Gasteiger partial charge in [-0.1, -0.05) is 29.8 Å². The molecule has 0 spiro atoms. The van der Waals surface area contributed by atoms with Crippen molar-refractivity contribution in [3.05, 3.63) is 22.7 Å². The summed E-state index contributed by atoms with van der Waals surface area (Å²) in [6.07, 6.45) is 0.560. The van der Waals surface area contributed by atoms with Crippen LogP contribution in [0.4, 0.5) is 11.4 Å². The Labute approximate surface area is 104 Å². The van der Waals surface area contributed by atoms with E-state index >= 15 is 0 Å². The molecule has 1 aliphatic rings. The minimum absolute atomic E-state index is 0.0838. The predicted octanol–water partition coefficient (Wildman–Crippen LogP) is 2.60. The van der Waals surface area contributed by atoms with Crippen LogP contribution in [0.2, 0.25) is 0 Å². The Morgan fingerprint density at radius 3 is 2.69 bits per heavy atom. The average Bonchev–Trinajstić information content (AvgIpc) is 2.21. The molecule has 0 heterocycles. The number of hydrogen-bond acceptors (Lipinski definition) is 3. The molecule has 2 atom stereocenters. The number of halogens is 1. The third-order valence-corrected chi connectivity index (χ3v) is 4.05. The van der Waals surface area contributed by atoms with Crippen LogP contribution in [0.5, 0.6) is 0 Å². The summed E-state index contributed by atoms with van der Waals surface area (Å²) in [6, 6.07) is 6.08. The van der Waals surface area contributed by atoms with Crippen molar-refractivity contribution >= 4 is 27.3 Å². The van der Waals surface area contributed by atoms with E-state index in [2.05, 4.69) is 35.1 Å². The third-order valence-electron chi connectivity index (χ3n) is 3.56. The molecule has 0 aliphatic heterocycles. The molecule has 16 heavy (non-hydrogen) atoms. The van der Waals surface area contributed by atoms with Gasteiger partial charge in [-0.3, -0.25) is 0 Å². The number of hydrogen-bond donors (Lipinski definition) is 3. The molecule has 1 aliphatic carbocycles. The maximum Gasteiger partial charge on any atom is 0.0630 e. The van der Waals surface area contributed by atoms with Gasteiger partial charge in [-0.25, -0.2) is 0 Å². The normalized spacial score (nSPS) is 27.2. The molecule has 1 aromatic carbocycles. The lowest BCUT2D eigenvalue weighted by Gasteiger charge is -2.50. The molecule has 0 bridgehead atoms. The molecule has 1 fully saturated rings. The van der Waals surface area contributed by atoms with Crippen molar-refractivity contribution in [3.63, 3.8) is 0 Å². The number of nitrogens with two attached hydrogens (primary N) is 1. The SMILES string of the molecule is CC1(C)C(O)CC1Nc1ccc(Br)cc1N. The summed E-state index contributed by atoms with van der Waals surface area (Å²) in [5, 5.41) is 13.0. The van der Waals surface area contributed by atoms with Gasteiger partial charge in [0.05, 0.1) is 17.5 Å². The van der Waals surface area contributed by atoms with E-state index in [4.69, 9.17) is 5.73 Å². The lowest BCUT2D eigenvalue weighted by Crippen LogP contribution is -2.56. The molecule has 88 valence electrons. The van der Waals surface area contributed by atoms with Crippen LogP contribution in [0, 0.1) is 5.41 Å². The van der Waals surface area contributed by atoms with E-state index in [1.165, 1.54) is 0 Å². The standard InChI is InChI=1S/C12H17BrN2O/c1-12(2)10(6-11(12)16)15-9-4-3-7(13)5-8(9)14/h3-5,10-11,15-16H,6,14H2,1-2H3. The molecule has 0 aromatic heterocycles. The van der Waals surface area contributed by atoms with Gasteiger partial charge in [0.25, 0.3) is 0 Å². The molecular weight excluding hydrogens is 268 g/mol. The van der Waals surface area contributed by atoms with E-state index in [-0.39, 0.29) is 17.6 Å². The Bertz CT molecular complexity index is 406. The van der Waals surface area contributed by atoms with Crippen molar-refractivity contribution in [1.82, 2.24) is 0 Å². The number of anilines is 2. The number of benzene rings is 1. The summed E-state index contributed by atoms with van der Waals surface area (Å²) in [5.41, 5.74) is 7.50. The fourth-order valence-corrected chi connectivity index (χ4v) is 2.38. The summed E-state index contributed by atoms with van der Waals surface area (Å²) < 4.78 is 0.975. The highest BCUT2D eigenvalue weighted by atomic mass is 79.9. The molecule has 2 unspecified atom stereocenters. The highest BCUT2D eigenvalue weighted by molar-refractivity contribution is 9.10. The van der Waals surface area contributed by atoms with Gasteiger partial charge in [0.1, 0.15) is 0 Å². The number of nitrogen functional groups attached to an aromatic ring is 1. The van der Waals surface area contributed by atoms with Gasteiger partial charge >= 0.3 is 0 Å². The first kappa shape index (κ1) is 11.7. The molecule has 2 rings (SSSR count). The van der Waals surface area contributed by atoms with Crippen molar-refractivity contribution in [2.24, 2.45) is 5.41 Å². The molecule has 0 amide bonds. The summed E-state index contributed by atoms with van der Waals surface area (Å²) >= 11 is 3.38. The fraction of sp³-hybridized carbons (Fsp3) is 0.500. The van der Waals surface area contributed by atoms with Crippen LogP contribution in [0.25, 0.3) is 0 Å². The van der Waals surface area contributed by atoms with E-state index in [0.29, 0.717) is 0 Å². The quantitative estimate of drug-likeness (QED) is 0.732. The van der Waals surface area contributed by atoms with Crippen LogP contribution in [-0.2, 0) is 0 Å². The van der Waals surface area contributed by atoms with E-state index in [0.717, 1.165) is 22.3 Å². The number of rotatable bonds is 2. The summed E-state index contributed by atoms with van der Waals surface area (Å²) in [7, 11) is 0. The summed E-state index contributed by atoms with van der Waals surface area (Å²) in [5.74, 6) is 0. The maximum absolute atomic E-state index is 9.66. The van der Waals surface area contributed by atoms with E-state index in [9.17, 15) is 5.11 Å². The van der Waals surface area contributed by atoms with Gasteiger partial charge in [-0.2, -0.15) is 0 Å². The molecule has 3 nitrogen and oxygen atoms in total. The van der Waals surface area contributed by atoms with Crippen LogP contribution in [0.3, 0.4) is 0 Å². The second kappa shape index (κ2) is 3.93. The van der Waals surface area contributed by atoms with E-state index in [1.54, 1.807) is 0 Å². The number of aliphatic hydroxyl groups is 1. The van der Waals surface area contributed by atoms with Crippen LogP contribution in [0.15, 0.2) is 22.7 Å². The van der Waals surface area contributed by atoms with E-state index in [1.807, 2.05) is 18.2 Å². The topological polar surface area (TPSA) is 58.3 Å². The van der Waals surface area contributed by atoms with Crippen LogP contribution in [0.1, 0.15) is 20.3 Å². The van der Waals surface area contributed by atoms with E-state index < -0.39 is 0 Å². The first-order chi connectivity index (χ1) is 7.41. The Morgan fingerprint density at radius 2 is 2.19 bits per heavy atom. The van der Waals surface area contributed by atoms with Crippen molar-refractivity contribution in [3.8, 4) is 0 Å². The predicted molar refractivity (Wildman–Crippen MR) is 70.4 cm³/mol. The first-order valence-electron chi connectivity index (χ1n) is 5.41. The van der Waals surface area contributed by atoms with Crippen molar-refractivity contribution in [2.75, 3.05) is 11.1 Å². The molecule has 1 saturated carbocycles. The fourth-order valence-electron chi connectivity index (χ4n) is 2.00. The van der Waals surface area contributed by atoms with Gasteiger partial charge in [0, 0.05) is 15.9 Å². The van der Waals surface area contributed by atoms with Crippen LogP contribution in [-0.4, -0.2) is 17.3 Å². The second-order valence-electron chi connectivity index (χ2n) is 5.00. The molecule has 4 heteroatoms. The summed E-state index contributed by atoms with van der Waals surface area (Å²) in [4.78, 5) is 0.